The molecule has 0 aliphatic rings. The Morgan fingerprint density at radius 2 is 1.65 bits per heavy atom. The van der Waals surface area contributed by atoms with Gasteiger partial charge in [0.25, 0.3) is 0 Å². The minimum atomic E-state index is -0.752. The molecule has 1 unspecified atom stereocenters. The van der Waals surface area contributed by atoms with Crippen LogP contribution in [0.5, 0.6) is 0 Å². The predicted octanol–water partition coefficient (Wildman–Crippen LogP) is 5.22. The topological polar surface area (TPSA) is 12.0 Å². The van der Waals surface area contributed by atoms with Crippen molar-refractivity contribution >= 4 is 0 Å². The second-order valence-electron chi connectivity index (χ2n) is 5.41. The maximum atomic E-state index is 14.1. The molecule has 0 radical (unpaired) electrons. The average Bonchev–Trinajstić information content (AvgIpc) is 2.44. The van der Waals surface area contributed by atoms with Gasteiger partial charge in [-0.1, -0.05) is 45.7 Å². The average molecular weight is 283 g/mol. The van der Waals surface area contributed by atoms with Crippen LogP contribution in [0.2, 0.25) is 0 Å². The maximum Gasteiger partial charge on any atom is 0.163 e. The molecule has 0 saturated carbocycles. The van der Waals surface area contributed by atoms with Gasteiger partial charge in [0, 0.05) is 11.6 Å². The summed E-state index contributed by atoms with van der Waals surface area (Å²) in [4.78, 5) is 0. The van der Waals surface area contributed by atoms with Crippen molar-refractivity contribution < 1.29 is 8.78 Å². The largest absolute Gasteiger partial charge is 0.310 e. The molecule has 0 fully saturated rings. The van der Waals surface area contributed by atoms with Gasteiger partial charge in [0.2, 0.25) is 0 Å². The lowest BCUT2D eigenvalue weighted by Gasteiger charge is -2.29. The highest BCUT2D eigenvalue weighted by Crippen LogP contribution is 2.31. The van der Waals surface area contributed by atoms with Crippen molar-refractivity contribution in [2.45, 2.75) is 58.9 Å². The fourth-order valence-electron chi connectivity index (χ4n) is 2.81. The van der Waals surface area contributed by atoms with Gasteiger partial charge < -0.3 is 5.32 Å². The van der Waals surface area contributed by atoms with Crippen molar-refractivity contribution in [2.24, 2.45) is 5.92 Å². The Bertz CT molecular complexity index is 387. The molecule has 114 valence electrons. The number of halogens is 2. The highest BCUT2D eigenvalue weighted by molar-refractivity contribution is 5.23. The highest BCUT2D eigenvalue weighted by atomic mass is 19.2. The van der Waals surface area contributed by atoms with E-state index >= 15 is 0 Å². The Kier molecular flexibility index (Phi) is 7.75. The first kappa shape index (κ1) is 17.1. The lowest BCUT2D eigenvalue weighted by atomic mass is 9.85. The Labute approximate surface area is 121 Å². The van der Waals surface area contributed by atoms with Gasteiger partial charge in [0.15, 0.2) is 11.6 Å². The van der Waals surface area contributed by atoms with E-state index in [0.29, 0.717) is 11.5 Å². The van der Waals surface area contributed by atoms with Crippen molar-refractivity contribution in [3.8, 4) is 0 Å². The third-order valence-electron chi connectivity index (χ3n) is 3.72. The van der Waals surface area contributed by atoms with Crippen LogP contribution in [0.3, 0.4) is 0 Å². The van der Waals surface area contributed by atoms with Crippen molar-refractivity contribution in [1.29, 1.82) is 0 Å². The Balaban J connectivity index is 3.05. The Hall–Kier alpha value is -0.960. The summed E-state index contributed by atoms with van der Waals surface area (Å²) in [6.07, 6.45) is 5.17. The van der Waals surface area contributed by atoms with Crippen molar-refractivity contribution in [2.75, 3.05) is 6.54 Å². The first-order valence-corrected chi connectivity index (χ1v) is 7.82. The predicted molar refractivity (Wildman–Crippen MR) is 80.7 cm³/mol. The van der Waals surface area contributed by atoms with Crippen LogP contribution < -0.4 is 5.32 Å². The number of hydrogen-bond donors (Lipinski definition) is 1. The molecule has 0 aliphatic carbocycles. The van der Waals surface area contributed by atoms with Gasteiger partial charge in [-0.3, -0.25) is 0 Å². The summed E-state index contributed by atoms with van der Waals surface area (Å²) in [5.74, 6) is -1.09. The van der Waals surface area contributed by atoms with Crippen LogP contribution in [-0.4, -0.2) is 6.54 Å². The molecular weight excluding hydrogens is 256 g/mol. The zero-order valence-corrected chi connectivity index (χ0v) is 12.9. The molecule has 3 heteroatoms. The van der Waals surface area contributed by atoms with Gasteiger partial charge >= 0.3 is 0 Å². The summed E-state index contributed by atoms with van der Waals surface area (Å²) < 4.78 is 27.6. The van der Waals surface area contributed by atoms with Crippen LogP contribution in [-0.2, 0) is 0 Å². The first-order chi connectivity index (χ1) is 9.65. The lowest BCUT2D eigenvalue weighted by Crippen LogP contribution is -2.30. The van der Waals surface area contributed by atoms with Gasteiger partial charge in [-0.15, -0.1) is 0 Å². The molecule has 0 aliphatic heterocycles. The van der Waals surface area contributed by atoms with Crippen LogP contribution in [0.15, 0.2) is 18.2 Å². The fourth-order valence-corrected chi connectivity index (χ4v) is 2.81. The van der Waals surface area contributed by atoms with E-state index in [0.717, 1.165) is 38.6 Å². The fraction of sp³-hybridized carbons (Fsp3) is 0.647. The van der Waals surface area contributed by atoms with E-state index < -0.39 is 11.6 Å². The molecule has 1 nitrogen and oxygen atoms in total. The SMILES string of the molecule is CCCNC(c1cccc(F)c1F)C(CCC)CCC. The van der Waals surface area contributed by atoms with Gasteiger partial charge in [0.1, 0.15) is 0 Å². The second kappa shape index (κ2) is 9.06. The lowest BCUT2D eigenvalue weighted by molar-refractivity contribution is 0.306. The van der Waals surface area contributed by atoms with E-state index in [-0.39, 0.29) is 6.04 Å². The van der Waals surface area contributed by atoms with E-state index in [9.17, 15) is 8.78 Å². The van der Waals surface area contributed by atoms with E-state index in [4.69, 9.17) is 0 Å². The maximum absolute atomic E-state index is 14.1. The van der Waals surface area contributed by atoms with E-state index in [1.54, 1.807) is 12.1 Å². The van der Waals surface area contributed by atoms with Gasteiger partial charge in [-0.2, -0.15) is 0 Å². The summed E-state index contributed by atoms with van der Waals surface area (Å²) in [7, 11) is 0. The van der Waals surface area contributed by atoms with Crippen molar-refractivity contribution in [3.05, 3.63) is 35.4 Å². The molecule has 1 aromatic carbocycles. The number of nitrogens with one attached hydrogen (secondary N) is 1. The quantitative estimate of drug-likeness (QED) is 0.655. The summed E-state index contributed by atoms with van der Waals surface area (Å²) in [5, 5.41) is 3.42. The minimum absolute atomic E-state index is 0.0921. The summed E-state index contributed by atoms with van der Waals surface area (Å²) >= 11 is 0. The number of rotatable bonds is 9. The molecule has 0 saturated heterocycles. The van der Waals surface area contributed by atoms with Crippen LogP contribution in [0, 0.1) is 17.6 Å². The third-order valence-corrected chi connectivity index (χ3v) is 3.72. The standard InChI is InChI=1S/C17H27F2N/c1-4-8-13(9-5-2)17(20-12-6-3)14-10-7-11-15(18)16(14)19/h7,10-11,13,17,20H,4-6,8-9,12H2,1-3H3. The molecule has 1 N–H and O–H groups in total. The molecule has 1 aromatic rings. The van der Waals surface area contributed by atoms with Crippen LogP contribution in [0.4, 0.5) is 8.78 Å². The van der Waals surface area contributed by atoms with E-state index in [2.05, 4.69) is 26.1 Å². The zero-order chi connectivity index (χ0) is 15.0. The highest BCUT2D eigenvalue weighted by Gasteiger charge is 2.25. The summed E-state index contributed by atoms with van der Waals surface area (Å²) in [6, 6.07) is 4.41. The molecule has 0 heterocycles. The smallest absolute Gasteiger partial charge is 0.163 e. The normalized spacial score (nSPS) is 12.9. The second-order valence-corrected chi connectivity index (χ2v) is 5.41. The number of hydrogen-bond acceptors (Lipinski definition) is 1. The summed E-state index contributed by atoms with van der Waals surface area (Å²) in [6.45, 7) is 7.19. The van der Waals surface area contributed by atoms with E-state index in [1.165, 1.54) is 6.07 Å². The van der Waals surface area contributed by atoms with Crippen LogP contribution >= 0.6 is 0 Å². The van der Waals surface area contributed by atoms with Gasteiger partial charge in [-0.05, 0) is 37.8 Å². The Morgan fingerprint density at radius 3 is 2.20 bits per heavy atom. The van der Waals surface area contributed by atoms with E-state index in [1.807, 2.05) is 0 Å². The van der Waals surface area contributed by atoms with Crippen LogP contribution in [0.25, 0.3) is 0 Å². The molecule has 1 atom stereocenters. The van der Waals surface area contributed by atoms with Gasteiger partial charge in [-0.25, -0.2) is 8.78 Å². The molecule has 0 spiro atoms. The third kappa shape index (κ3) is 4.55. The minimum Gasteiger partial charge on any atom is -0.310 e. The van der Waals surface area contributed by atoms with Gasteiger partial charge in [0.05, 0.1) is 0 Å². The Morgan fingerprint density at radius 1 is 1.00 bits per heavy atom. The molecule has 0 bridgehead atoms. The number of benzene rings is 1. The van der Waals surface area contributed by atoms with Crippen molar-refractivity contribution in [3.63, 3.8) is 0 Å². The molecule has 20 heavy (non-hydrogen) atoms. The zero-order valence-electron chi connectivity index (χ0n) is 12.9. The monoisotopic (exact) mass is 283 g/mol. The molecule has 0 amide bonds. The molecular formula is C17H27F2N. The van der Waals surface area contributed by atoms with Crippen LogP contribution in [0.1, 0.15) is 64.5 Å². The van der Waals surface area contributed by atoms with Crippen molar-refractivity contribution in [1.82, 2.24) is 5.32 Å². The first-order valence-electron chi connectivity index (χ1n) is 7.82. The summed E-state index contributed by atoms with van der Waals surface area (Å²) in [5.41, 5.74) is 0.477. The molecule has 1 rings (SSSR count). The molecule has 0 aromatic heterocycles.